The van der Waals surface area contributed by atoms with Crippen molar-refractivity contribution in [2.24, 2.45) is 0 Å². The van der Waals surface area contributed by atoms with Crippen LogP contribution in [0.2, 0.25) is 0 Å². The van der Waals surface area contributed by atoms with E-state index < -0.39 is 0 Å². The number of anilines is 3. The summed E-state index contributed by atoms with van der Waals surface area (Å²) in [5.74, 6) is 0. The molecule has 2 heterocycles. The minimum absolute atomic E-state index is 0.644. The SMILES string of the molecule is C1=CCCC(c2cccc(N(c3ccc(-c4ccccc4)c(-c4ccc5ccccc5c4)c3)c3cccc4c3oc3nc5ccccc5cc34)c2)=C1. The summed E-state index contributed by atoms with van der Waals surface area (Å²) in [6, 6.07) is 58.7. The van der Waals surface area contributed by atoms with Gasteiger partial charge in [0.25, 0.3) is 0 Å². The van der Waals surface area contributed by atoms with Crippen molar-refractivity contribution in [1.82, 2.24) is 4.98 Å². The molecule has 10 rings (SSSR count). The lowest BCUT2D eigenvalue weighted by molar-refractivity contribution is 0.656. The molecule has 1 aliphatic carbocycles. The molecule has 0 fully saturated rings. The maximum Gasteiger partial charge on any atom is 0.228 e. The van der Waals surface area contributed by atoms with Crippen LogP contribution in [0.1, 0.15) is 18.4 Å². The third-order valence-corrected chi connectivity index (χ3v) is 10.3. The van der Waals surface area contributed by atoms with Crippen molar-refractivity contribution in [3.05, 3.63) is 188 Å². The van der Waals surface area contributed by atoms with Gasteiger partial charge in [-0.15, -0.1) is 0 Å². The van der Waals surface area contributed by atoms with Gasteiger partial charge >= 0.3 is 0 Å². The molecule has 52 heavy (non-hydrogen) atoms. The van der Waals surface area contributed by atoms with Gasteiger partial charge < -0.3 is 9.32 Å². The van der Waals surface area contributed by atoms with Crippen LogP contribution in [0, 0.1) is 0 Å². The van der Waals surface area contributed by atoms with E-state index in [0.29, 0.717) is 5.71 Å². The zero-order valence-electron chi connectivity index (χ0n) is 28.5. The highest BCUT2D eigenvalue weighted by Crippen LogP contribution is 2.45. The van der Waals surface area contributed by atoms with E-state index >= 15 is 0 Å². The molecule has 0 unspecified atom stereocenters. The van der Waals surface area contributed by atoms with Crippen molar-refractivity contribution in [2.45, 2.75) is 12.8 Å². The second kappa shape index (κ2) is 12.6. The zero-order chi connectivity index (χ0) is 34.4. The third kappa shape index (κ3) is 5.26. The Morgan fingerprint density at radius 3 is 2.19 bits per heavy atom. The monoisotopic (exact) mass is 666 g/mol. The highest BCUT2D eigenvalue weighted by molar-refractivity contribution is 6.12. The second-order valence-electron chi connectivity index (χ2n) is 13.5. The molecule has 0 bridgehead atoms. The van der Waals surface area contributed by atoms with Gasteiger partial charge in [0, 0.05) is 27.5 Å². The standard InChI is InChI=1S/C49H34N2O/c1-3-13-33(14-4-1)37-20-11-21-40(30-37)51(47-24-12-22-43-45-31-39-19-9-10-23-46(39)50-49(45)52-48(43)47)41-27-28-42(35-16-5-2-6-17-35)44(32-41)38-26-25-34-15-7-8-18-36(34)29-38/h1-3,5-13,15-32H,4,14H2. The normalized spacial score (nSPS) is 12.9. The van der Waals surface area contributed by atoms with Crippen LogP contribution in [-0.2, 0) is 0 Å². The Balaban J connectivity index is 1.23. The number of nitrogens with zero attached hydrogens (tertiary/aromatic N) is 2. The van der Waals surface area contributed by atoms with E-state index in [0.717, 1.165) is 57.2 Å². The first kappa shape index (κ1) is 30.1. The molecule has 2 aromatic heterocycles. The summed E-state index contributed by atoms with van der Waals surface area (Å²) in [6.45, 7) is 0. The molecule has 0 N–H and O–H groups in total. The Kier molecular flexibility index (Phi) is 7.28. The van der Waals surface area contributed by atoms with Gasteiger partial charge in [0.2, 0.25) is 5.71 Å². The van der Waals surface area contributed by atoms with E-state index in [1.54, 1.807) is 0 Å². The number of allylic oxidation sites excluding steroid dienone is 4. The molecule has 0 spiro atoms. The summed E-state index contributed by atoms with van der Waals surface area (Å²) in [5.41, 5.74) is 12.7. The van der Waals surface area contributed by atoms with Crippen LogP contribution in [0.5, 0.6) is 0 Å². The molecule has 3 nitrogen and oxygen atoms in total. The van der Waals surface area contributed by atoms with Gasteiger partial charge in [0.05, 0.1) is 11.2 Å². The molecule has 0 saturated heterocycles. The maximum absolute atomic E-state index is 6.75. The van der Waals surface area contributed by atoms with Crippen LogP contribution in [0.15, 0.2) is 186 Å². The van der Waals surface area contributed by atoms with E-state index in [-0.39, 0.29) is 0 Å². The number of benzene rings is 7. The summed E-state index contributed by atoms with van der Waals surface area (Å²) in [6.07, 6.45) is 8.73. The first-order valence-corrected chi connectivity index (χ1v) is 17.9. The molecular formula is C49H34N2O. The van der Waals surface area contributed by atoms with Crippen molar-refractivity contribution in [1.29, 1.82) is 0 Å². The molecule has 1 aliphatic rings. The van der Waals surface area contributed by atoms with Crippen LogP contribution in [0.4, 0.5) is 17.1 Å². The summed E-state index contributed by atoms with van der Waals surface area (Å²) in [7, 11) is 0. The van der Waals surface area contributed by atoms with Gasteiger partial charge in [-0.2, -0.15) is 0 Å². The van der Waals surface area contributed by atoms with Gasteiger partial charge in [-0.1, -0.05) is 133 Å². The summed E-state index contributed by atoms with van der Waals surface area (Å²) >= 11 is 0. The van der Waals surface area contributed by atoms with Crippen LogP contribution in [0.25, 0.3) is 71.6 Å². The predicted octanol–water partition coefficient (Wildman–Crippen LogP) is 13.8. The molecule has 0 radical (unpaired) electrons. The quantitative estimate of drug-likeness (QED) is 0.177. The molecule has 7 aromatic carbocycles. The van der Waals surface area contributed by atoms with Crippen LogP contribution in [-0.4, -0.2) is 4.98 Å². The second-order valence-corrected chi connectivity index (χ2v) is 13.5. The van der Waals surface area contributed by atoms with E-state index in [4.69, 9.17) is 9.40 Å². The fourth-order valence-electron chi connectivity index (χ4n) is 7.74. The lowest BCUT2D eigenvalue weighted by atomic mass is 9.92. The summed E-state index contributed by atoms with van der Waals surface area (Å²) in [4.78, 5) is 7.31. The molecule has 3 heteroatoms. The number of furan rings is 1. The molecule has 246 valence electrons. The first-order valence-electron chi connectivity index (χ1n) is 17.9. The van der Waals surface area contributed by atoms with E-state index in [1.165, 1.54) is 44.2 Å². The predicted molar refractivity (Wildman–Crippen MR) is 218 cm³/mol. The Morgan fingerprint density at radius 2 is 1.31 bits per heavy atom. The van der Waals surface area contributed by atoms with Crippen molar-refractivity contribution >= 4 is 66.4 Å². The number of pyridine rings is 1. The Labute approximate surface area is 302 Å². The molecule has 0 amide bonds. The maximum atomic E-state index is 6.75. The van der Waals surface area contributed by atoms with E-state index in [1.807, 2.05) is 12.1 Å². The lowest BCUT2D eigenvalue weighted by Crippen LogP contribution is -2.11. The van der Waals surface area contributed by atoms with Crippen LogP contribution >= 0.6 is 0 Å². The third-order valence-electron chi connectivity index (χ3n) is 10.3. The first-order chi connectivity index (χ1) is 25.8. The average Bonchev–Trinajstić information content (AvgIpc) is 3.58. The number of rotatable bonds is 6. The minimum atomic E-state index is 0.644. The van der Waals surface area contributed by atoms with Gasteiger partial charge in [-0.05, 0) is 106 Å². The molecule has 0 atom stereocenters. The fraction of sp³-hybridized carbons (Fsp3) is 0.0408. The van der Waals surface area contributed by atoms with Crippen molar-refractivity contribution in [3.63, 3.8) is 0 Å². The number of fused-ring (bicyclic) bond motifs is 5. The number of hydrogen-bond acceptors (Lipinski definition) is 3. The highest BCUT2D eigenvalue weighted by Gasteiger charge is 2.22. The molecular weight excluding hydrogens is 633 g/mol. The van der Waals surface area contributed by atoms with Crippen LogP contribution < -0.4 is 4.90 Å². The van der Waals surface area contributed by atoms with Gasteiger partial charge in [0.15, 0.2) is 5.58 Å². The fourth-order valence-corrected chi connectivity index (χ4v) is 7.74. The smallest absolute Gasteiger partial charge is 0.228 e. The van der Waals surface area contributed by atoms with Gasteiger partial charge in [-0.3, -0.25) is 0 Å². The number of hydrogen-bond donors (Lipinski definition) is 0. The van der Waals surface area contributed by atoms with Gasteiger partial charge in [-0.25, -0.2) is 4.98 Å². The zero-order valence-corrected chi connectivity index (χ0v) is 28.5. The van der Waals surface area contributed by atoms with Crippen molar-refractivity contribution < 1.29 is 4.42 Å². The Bertz CT molecular complexity index is 2860. The van der Waals surface area contributed by atoms with Crippen molar-refractivity contribution in [2.75, 3.05) is 4.90 Å². The van der Waals surface area contributed by atoms with Crippen LogP contribution in [0.3, 0.4) is 0 Å². The average molecular weight is 667 g/mol. The van der Waals surface area contributed by atoms with Crippen molar-refractivity contribution in [3.8, 4) is 22.3 Å². The highest BCUT2D eigenvalue weighted by atomic mass is 16.3. The molecule has 9 aromatic rings. The Hall–Kier alpha value is -6.71. The Morgan fingerprint density at radius 1 is 0.519 bits per heavy atom. The minimum Gasteiger partial charge on any atom is -0.435 e. The number of aromatic nitrogens is 1. The lowest BCUT2D eigenvalue weighted by Gasteiger charge is -2.27. The van der Waals surface area contributed by atoms with Gasteiger partial charge in [0.1, 0.15) is 0 Å². The summed E-state index contributed by atoms with van der Waals surface area (Å²) < 4.78 is 6.75. The van der Waals surface area contributed by atoms with E-state index in [9.17, 15) is 0 Å². The van der Waals surface area contributed by atoms with E-state index in [2.05, 4.69) is 175 Å². The molecule has 0 saturated carbocycles. The largest absolute Gasteiger partial charge is 0.435 e. The topological polar surface area (TPSA) is 29.3 Å². The summed E-state index contributed by atoms with van der Waals surface area (Å²) in [5, 5.41) is 5.60. The molecule has 0 aliphatic heterocycles. The number of para-hydroxylation sites is 2.